The van der Waals surface area contributed by atoms with Gasteiger partial charge in [0.15, 0.2) is 5.11 Å². The minimum Gasteiger partial charge on any atom is -0.494 e. The average Bonchev–Trinajstić information content (AvgIpc) is 3.13. The Morgan fingerprint density at radius 1 is 0.892 bits per heavy atom. The van der Waals surface area contributed by atoms with Crippen molar-refractivity contribution in [1.29, 1.82) is 0 Å². The van der Waals surface area contributed by atoms with Gasteiger partial charge in [-0.3, -0.25) is 14.5 Å². The second-order valence-electron chi connectivity index (χ2n) is 9.02. The van der Waals surface area contributed by atoms with Crippen molar-refractivity contribution in [2.24, 2.45) is 0 Å². The van der Waals surface area contributed by atoms with E-state index in [1.807, 2.05) is 72.5 Å². The molecule has 1 heterocycles. The van der Waals surface area contributed by atoms with Crippen LogP contribution in [0.4, 0.5) is 5.69 Å². The Kier molecular flexibility index (Phi) is 9.27. The predicted octanol–water partition coefficient (Wildman–Crippen LogP) is 5.09. The van der Waals surface area contributed by atoms with Crippen molar-refractivity contribution >= 4 is 34.8 Å². The van der Waals surface area contributed by atoms with Crippen LogP contribution in [0.3, 0.4) is 0 Å². The lowest BCUT2D eigenvalue weighted by molar-refractivity contribution is -0.130. The average molecular weight is 516 g/mol. The lowest BCUT2D eigenvalue weighted by Crippen LogP contribution is -2.38. The molecule has 1 aliphatic rings. The molecular formula is C30H33N3O3S. The Balaban J connectivity index is 1.42. The van der Waals surface area contributed by atoms with Crippen LogP contribution >= 0.6 is 12.2 Å². The molecule has 2 amide bonds. The number of anilines is 1. The molecule has 0 spiro atoms. The Morgan fingerprint density at radius 3 is 2.14 bits per heavy atom. The summed E-state index contributed by atoms with van der Waals surface area (Å²) in [6, 6.07) is 26.9. The summed E-state index contributed by atoms with van der Waals surface area (Å²) in [7, 11) is 0. The first-order valence-electron chi connectivity index (χ1n) is 12.8. The van der Waals surface area contributed by atoms with Gasteiger partial charge in [0.1, 0.15) is 11.8 Å². The fraction of sp³-hybridized carbons (Fsp3) is 0.300. The Hall–Kier alpha value is -3.71. The SMILES string of the molecule is CCOc1ccc(NC(=O)CC2C(=O)N(CCc3ccccc3)C(=S)N2CCCc2ccccc2)cc1. The Bertz CT molecular complexity index is 1190. The van der Waals surface area contributed by atoms with Gasteiger partial charge in [-0.2, -0.15) is 0 Å². The summed E-state index contributed by atoms with van der Waals surface area (Å²) in [5.41, 5.74) is 3.05. The molecule has 7 heteroatoms. The van der Waals surface area contributed by atoms with Gasteiger partial charge in [-0.25, -0.2) is 0 Å². The van der Waals surface area contributed by atoms with Gasteiger partial charge in [0.25, 0.3) is 5.91 Å². The van der Waals surface area contributed by atoms with E-state index < -0.39 is 6.04 Å². The number of thiocarbonyl (C=S) groups is 1. The highest BCUT2D eigenvalue weighted by Crippen LogP contribution is 2.23. The van der Waals surface area contributed by atoms with Crippen LogP contribution in [0.5, 0.6) is 5.75 Å². The van der Waals surface area contributed by atoms with Crippen LogP contribution in [-0.2, 0) is 22.4 Å². The van der Waals surface area contributed by atoms with Crippen LogP contribution in [0, 0.1) is 0 Å². The molecule has 0 bridgehead atoms. The number of rotatable bonds is 12. The normalized spacial score (nSPS) is 15.2. The van der Waals surface area contributed by atoms with Crippen LogP contribution in [0.15, 0.2) is 84.9 Å². The molecule has 1 saturated heterocycles. The van der Waals surface area contributed by atoms with Crippen LogP contribution < -0.4 is 10.1 Å². The van der Waals surface area contributed by atoms with Gasteiger partial charge in [-0.15, -0.1) is 0 Å². The number of carbonyl (C=O) groups is 2. The summed E-state index contributed by atoms with van der Waals surface area (Å²) >= 11 is 5.77. The minimum atomic E-state index is -0.609. The zero-order valence-electron chi connectivity index (χ0n) is 21.1. The Labute approximate surface area is 224 Å². The summed E-state index contributed by atoms with van der Waals surface area (Å²) in [6.07, 6.45) is 2.46. The molecule has 192 valence electrons. The molecule has 6 nitrogen and oxygen atoms in total. The van der Waals surface area contributed by atoms with E-state index in [0.717, 1.165) is 24.2 Å². The molecule has 1 atom stereocenters. The van der Waals surface area contributed by atoms with Crippen molar-refractivity contribution in [3.63, 3.8) is 0 Å². The number of hydrogen-bond donors (Lipinski definition) is 1. The summed E-state index contributed by atoms with van der Waals surface area (Å²) in [5, 5.41) is 3.42. The number of nitrogens with one attached hydrogen (secondary N) is 1. The molecule has 3 aromatic carbocycles. The lowest BCUT2D eigenvalue weighted by atomic mass is 10.1. The molecule has 0 aromatic heterocycles. The van der Waals surface area contributed by atoms with Gasteiger partial charge in [-0.05, 0) is 73.8 Å². The second kappa shape index (κ2) is 13.0. The predicted molar refractivity (Wildman–Crippen MR) is 151 cm³/mol. The van der Waals surface area contributed by atoms with Gasteiger partial charge >= 0.3 is 0 Å². The van der Waals surface area contributed by atoms with Crippen molar-refractivity contribution in [3.05, 3.63) is 96.1 Å². The van der Waals surface area contributed by atoms with Crippen LogP contribution in [0.1, 0.15) is 30.9 Å². The van der Waals surface area contributed by atoms with Gasteiger partial charge in [0.05, 0.1) is 13.0 Å². The molecule has 0 saturated carbocycles. The Morgan fingerprint density at radius 2 is 1.51 bits per heavy atom. The van der Waals surface area contributed by atoms with E-state index in [-0.39, 0.29) is 18.2 Å². The van der Waals surface area contributed by atoms with E-state index in [1.165, 1.54) is 5.56 Å². The molecule has 1 fully saturated rings. The van der Waals surface area contributed by atoms with E-state index in [1.54, 1.807) is 17.0 Å². The van der Waals surface area contributed by atoms with Crippen molar-refractivity contribution in [2.75, 3.05) is 25.0 Å². The van der Waals surface area contributed by atoms with E-state index in [4.69, 9.17) is 17.0 Å². The first-order valence-corrected chi connectivity index (χ1v) is 13.2. The quantitative estimate of drug-likeness (QED) is 0.341. The fourth-order valence-corrected chi connectivity index (χ4v) is 4.92. The van der Waals surface area contributed by atoms with E-state index in [9.17, 15) is 9.59 Å². The highest BCUT2D eigenvalue weighted by molar-refractivity contribution is 7.80. The third-order valence-corrected chi connectivity index (χ3v) is 6.86. The molecule has 4 rings (SSSR count). The standard InChI is InChI=1S/C30H33N3O3S/c1-2-36-26-17-15-25(16-18-26)31-28(34)22-27-29(35)33(21-19-24-12-7-4-8-13-24)30(37)32(27)20-9-14-23-10-5-3-6-11-23/h3-8,10-13,15-18,27H,2,9,14,19-22H2,1H3,(H,31,34). The third kappa shape index (κ3) is 7.17. The van der Waals surface area contributed by atoms with E-state index in [2.05, 4.69) is 17.4 Å². The molecule has 37 heavy (non-hydrogen) atoms. The molecule has 0 radical (unpaired) electrons. The molecule has 1 unspecified atom stereocenters. The number of amides is 2. The summed E-state index contributed by atoms with van der Waals surface area (Å²) < 4.78 is 5.47. The molecule has 0 aliphatic carbocycles. The second-order valence-corrected chi connectivity index (χ2v) is 9.38. The maximum Gasteiger partial charge on any atom is 0.252 e. The minimum absolute atomic E-state index is 0.0410. The first kappa shape index (κ1) is 26.4. The van der Waals surface area contributed by atoms with Gasteiger partial charge in [0, 0.05) is 18.8 Å². The number of aryl methyl sites for hydroxylation is 1. The number of ether oxygens (including phenoxy) is 1. The molecule has 1 N–H and O–H groups in total. The topological polar surface area (TPSA) is 61.9 Å². The number of hydrogen-bond acceptors (Lipinski definition) is 4. The van der Waals surface area contributed by atoms with E-state index >= 15 is 0 Å². The highest BCUT2D eigenvalue weighted by Gasteiger charge is 2.42. The number of benzene rings is 3. The fourth-order valence-electron chi connectivity index (χ4n) is 4.52. The smallest absolute Gasteiger partial charge is 0.252 e. The van der Waals surface area contributed by atoms with Gasteiger partial charge in [0.2, 0.25) is 5.91 Å². The maximum absolute atomic E-state index is 13.5. The summed E-state index contributed by atoms with van der Waals surface area (Å²) in [4.78, 5) is 30.1. The van der Waals surface area contributed by atoms with Crippen LogP contribution in [-0.4, -0.2) is 52.5 Å². The zero-order chi connectivity index (χ0) is 26.0. The summed E-state index contributed by atoms with van der Waals surface area (Å²) in [5.74, 6) is 0.418. The summed E-state index contributed by atoms with van der Waals surface area (Å²) in [6.45, 7) is 3.61. The number of carbonyl (C=O) groups excluding carboxylic acids is 2. The molecule has 3 aromatic rings. The zero-order valence-corrected chi connectivity index (χ0v) is 22.0. The maximum atomic E-state index is 13.5. The van der Waals surface area contributed by atoms with Crippen molar-refractivity contribution < 1.29 is 14.3 Å². The van der Waals surface area contributed by atoms with E-state index in [0.29, 0.717) is 36.9 Å². The first-order chi connectivity index (χ1) is 18.0. The van der Waals surface area contributed by atoms with Crippen LogP contribution in [0.25, 0.3) is 0 Å². The van der Waals surface area contributed by atoms with Gasteiger partial charge in [-0.1, -0.05) is 60.7 Å². The third-order valence-electron chi connectivity index (χ3n) is 6.41. The monoisotopic (exact) mass is 515 g/mol. The number of nitrogens with zero attached hydrogens (tertiary/aromatic N) is 2. The molecule has 1 aliphatic heterocycles. The largest absolute Gasteiger partial charge is 0.494 e. The highest BCUT2D eigenvalue weighted by atomic mass is 32.1. The van der Waals surface area contributed by atoms with Gasteiger partial charge < -0.3 is 15.0 Å². The van der Waals surface area contributed by atoms with Crippen molar-refractivity contribution in [1.82, 2.24) is 9.80 Å². The van der Waals surface area contributed by atoms with Crippen LogP contribution in [0.2, 0.25) is 0 Å². The van der Waals surface area contributed by atoms with Crippen molar-refractivity contribution in [2.45, 2.75) is 38.6 Å². The lowest BCUT2D eigenvalue weighted by Gasteiger charge is -2.24. The molecular weight excluding hydrogens is 482 g/mol. The van der Waals surface area contributed by atoms with Crippen molar-refractivity contribution in [3.8, 4) is 5.75 Å².